The van der Waals surface area contributed by atoms with E-state index >= 15 is 0 Å². The number of amides is 5. The maximum atomic E-state index is 13.4. The Morgan fingerprint density at radius 2 is 1.47 bits per heavy atom. The number of fused-ring (bicyclic) bond motifs is 3. The van der Waals surface area contributed by atoms with Gasteiger partial charge in [0.05, 0.1) is 16.6 Å². The molecule has 5 aromatic rings. The van der Waals surface area contributed by atoms with Crippen molar-refractivity contribution in [1.29, 1.82) is 0 Å². The van der Waals surface area contributed by atoms with Crippen molar-refractivity contribution in [1.82, 2.24) is 25.2 Å². The number of aromatic nitrogens is 3. The second kappa shape index (κ2) is 15.2. The molecule has 1 saturated carbocycles. The fourth-order valence-corrected chi connectivity index (χ4v) is 9.96. The molecule has 14 heteroatoms. The monoisotopic (exact) mass is 803 g/mol. The summed E-state index contributed by atoms with van der Waals surface area (Å²) in [5, 5.41) is 6.78. The quantitative estimate of drug-likeness (QED) is 0.192. The first-order chi connectivity index (χ1) is 29.2. The largest absolute Gasteiger partial charge is 0.371 e. The molecule has 5 amide bonds. The first-order valence-corrected chi connectivity index (χ1v) is 20.9. The van der Waals surface area contributed by atoms with Crippen LogP contribution in [0.4, 0.5) is 23.1 Å². The third-order valence-corrected chi connectivity index (χ3v) is 13.0. The molecule has 304 valence electrons. The molecule has 4 aliphatic heterocycles. The van der Waals surface area contributed by atoms with Crippen molar-refractivity contribution >= 4 is 63.6 Å². The summed E-state index contributed by atoms with van der Waals surface area (Å²) in [6.07, 6.45) is 7.61. The minimum atomic E-state index is -0.980. The highest BCUT2D eigenvalue weighted by Gasteiger charge is 2.46. The third kappa shape index (κ3) is 6.89. The highest BCUT2D eigenvalue weighted by molar-refractivity contribution is 6.23. The van der Waals surface area contributed by atoms with E-state index in [0.29, 0.717) is 28.9 Å². The minimum Gasteiger partial charge on any atom is -0.371 e. The number of imide groups is 2. The van der Waals surface area contributed by atoms with Crippen molar-refractivity contribution in [2.24, 2.45) is 11.8 Å². The van der Waals surface area contributed by atoms with Crippen LogP contribution in [0.3, 0.4) is 0 Å². The highest BCUT2D eigenvalue weighted by atomic mass is 16.2. The zero-order valence-electron chi connectivity index (χ0n) is 33.3. The van der Waals surface area contributed by atoms with Crippen LogP contribution in [0.5, 0.6) is 0 Å². The van der Waals surface area contributed by atoms with Crippen molar-refractivity contribution in [3.63, 3.8) is 0 Å². The molecule has 0 radical (unpaired) electrons. The van der Waals surface area contributed by atoms with E-state index in [1.54, 1.807) is 19.1 Å². The van der Waals surface area contributed by atoms with Gasteiger partial charge in [-0.1, -0.05) is 30.3 Å². The van der Waals surface area contributed by atoms with Gasteiger partial charge in [-0.15, -0.1) is 0 Å². The molecule has 2 N–H and O–H groups in total. The predicted octanol–water partition coefficient (Wildman–Crippen LogP) is 5.44. The summed E-state index contributed by atoms with van der Waals surface area (Å²) in [6, 6.07) is 25.1. The Morgan fingerprint density at radius 3 is 2.18 bits per heavy atom. The van der Waals surface area contributed by atoms with Crippen LogP contribution in [0.1, 0.15) is 66.2 Å². The lowest BCUT2D eigenvalue weighted by molar-refractivity contribution is -0.136. The van der Waals surface area contributed by atoms with Crippen molar-refractivity contribution in [3.8, 4) is 11.1 Å². The smallest absolute Gasteiger partial charge is 0.262 e. The molecule has 6 heterocycles. The van der Waals surface area contributed by atoms with Gasteiger partial charge < -0.3 is 20.0 Å². The van der Waals surface area contributed by atoms with Gasteiger partial charge in [0.2, 0.25) is 23.7 Å². The van der Waals surface area contributed by atoms with Crippen LogP contribution in [0.2, 0.25) is 0 Å². The van der Waals surface area contributed by atoms with E-state index in [0.717, 1.165) is 96.0 Å². The number of rotatable bonds is 8. The van der Waals surface area contributed by atoms with Crippen LogP contribution in [0.25, 0.3) is 22.0 Å². The van der Waals surface area contributed by atoms with Crippen molar-refractivity contribution in [3.05, 3.63) is 102 Å². The average molecular weight is 804 g/mol. The standard InChI is InChI=1S/C46H45N9O5/c1-27(56)54(35-13-9-33(10-14-35)49-46-48-22-30-4-2-3-5-39(30)50-46)34-11-6-28(7-12-34)29-8-18-41(47-21-29)53-25-31-23-52(24-32(31)26-53)36-15-16-37-38(20-36)45(60)55(44(37)59)40-17-19-42(57)51-43(40)58/h2-8,11-12,15-16,18,20-22,31-33,35,40H,9-10,13-14,17,19,23-26H2,1H3,(H,48,49,50)(H,51,57,58). The average Bonchev–Trinajstić information content (AvgIpc) is 3.92. The predicted molar refractivity (Wildman–Crippen MR) is 227 cm³/mol. The Hall–Kier alpha value is -6.70. The molecule has 4 fully saturated rings. The molecule has 0 bridgehead atoms. The van der Waals surface area contributed by atoms with E-state index in [1.165, 1.54) is 0 Å². The number of benzene rings is 3. The second-order valence-electron chi connectivity index (χ2n) is 16.8. The Bertz CT molecular complexity index is 2520. The summed E-state index contributed by atoms with van der Waals surface area (Å²) in [4.78, 5) is 85.4. The molecule has 3 saturated heterocycles. The Kier molecular flexibility index (Phi) is 9.49. The van der Waals surface area contributed by atoms with Crippen LogP contribution in [-0.4, -0.2) is 93.7 Å². The molecule has 3 unspecified atom stereocenters. The van der Waals surface area contributed by atoms with Gasteiger partial charge in [0.1, 0.15) is 11.9 Å². The molecule has 1 aliphatic carbocycles. The molecule has 0 spiro atoms. The van der Waals surface area contributed by atoms with E-state index in [2.05, 4.69) is 54.7 Å². The summed E-state index contributed by atoms with van der Waals surface area (Å²) in [6.45, 7) is 5.01. The molecule has 3 atom stereocenters. The molecular weight excluding hydrogens is 759 g/mol. The Balaban J connectivity index is 0.736. The van der Waals surface area contributed by atoms with Crippen LogP contribution >= 0.6 is 0 Å². The number of pyridine rings is 1. The number of hydrogen-bond donors (Lipinski definition) is 2. The number of carbonyl (C=O) groups is 5. The zero-order valence-corrected chi connectivity index (χ0v) is 33.3. The van der Waals surface area contributed by atoms with Gasteiger partial charge in [-0.3, -0.25) is 34.2 Å². The van der Waals surface area contributed by atoms with Crippen molar-refractivity contribution in [2.75, 3.05) is 46.2 Å². The summed E-state index contributed by atoms with van der Waals surface area (Å²) in [5.41, 5.74) is 5.34. The van der Waals surface area contributed by atoms with Crippen LogP contribution < -0.4 is 25.3 Å². The molecular formula is C46H45N9O5. The fourth-order valence-electron chi connectivity index (χ4n) is 9.96. The van der Waals surface area contributed by atoms with Gasteiger partial charge in [0, 0.05) is 98.2 Å². The van der Waals surface area contributed by atoms with E-state index in [4.69, 9.17) is 4.98 Å². The maximum absolute atomic E-state index is 13.4. The second-order valence-corrected chi connectivity index (χ2v) is 16.8. The molecule has 3 aromatic carbocycles. The third-order valence-electron chi connectivity index (χ3n) is 13.0. The van der Waals surface area contributed by atoms with Crippen molar-refractivity contribution < 1.29 is 24.0 Å². The molecule has 2 aromatic heterocycles. The molecule has 5 aliphatic rings. The first kappa shape index (κ1) is 37.6. The summed E-state index contributed by atoms with van der Waals surface area (Å²) < 4.78 is 0. The normalized spacial score (nSPS) is 23.8. The SMILES string of the molecule is CC(=O)N(c1ccc(-c2ccc(N3CC4CN(c5ccc6c(c5)C(=O)N(C5CCC(=O)NC5=O)C6=O)CC4C3)nc2)cc1)C1CCC(Nc2ncc3ccccc3n2)CC1. The van der Waals surface area contributed by atoms with Crippen LogP contribution in [-0.2, 0) is 14.4 Å². The number of piperidine rings is 1. The number of hydrogen-bond acceptors (Lipinski definition) is 11. The topological polar surface area (TPSA) is 161 Å². The zero-order chi connectivity index (χ0) is 41.1. The lowest BCUT2D eigenvalue weighted by Gasteiger charge is -2.36. The lowest BCUT2D eigenvalue weighted by atomic mass is 9.89. The maximum Gasteiger partial charge on any atom is 0.262 e. The summed E-state index contributed by atoms with van der Waals surface area (Å²) in [7, 11) is 0. The fraction of sp³-hybridized carbons (Fsp3) is 0.348. The van der Waals surface area contributed by atoms with Gasteiger partial charge in [0.25, 0.3) is 11.8 Å². The Labute approximate surface area is 347 Å². The molecule has 14 nitrogen and oxygen atoms in total. The number of carbonyl (C=O) groups excluding carboxylic acids is 5. The van der Waals surface area contributed by atoms with E-state index in [-0.39, 0.29) is 30.8 Å². The molecule has 10 rings (SSSR count). The van der Waals surface area contributed by atoms with Gasteiger partial charge in [0.15, 0.2) is 0 Å². The van der Waals surface area contributed by atoms with Crippen molar-refractivity contribution in [2.45, 2.75) is 63.6 Å². The highest BCUT2D eigenvalue weighted by Crippen LogP contribution is 2.38. The Morgan fingerprint density at radius 1 is 0.750 bits per heavy atom. The van der Waals surface area contributed by atoms with Gasteiger partial charge in [-0.05, 0) is 86.2 Å². The van der Waals surface area contributed by atoms with E-state index < -0.39 is 29.7 Å². The summed E-state index contributed by atoms with van der Waals surface area (Å²) in [5.74, 6) is 0.466. The number of anilines is 4. The van der Waals surface area contributed by atoms with E-state index in [1.807, 2.05) is 59.8 Å². The molecule has 60 heavy (non-hydrogen) atoms. The van der Waals surface area contributed by atoms with Gasteiger partial charge in [-0.2, -0.15) is 0 Å². The van der Waals surface area contributed by atoms with Crippen LogP contribution in [0, 0.1) is 11.8 Å². The number of para-hydroxylation sites is 1. The van der Waals surface area contributed by atoms with E-state index in [9.17, 15) is 24.0 Å². The van der Waals surface area contributed by atoms with Gasteiger partial charge >= 0.3 is 0 Å². The number of nitrogens with one attached hydrogen (secondary N) is 2. The number of nitrogens with zero attached hydrogens (tertiary/aromatic N) is 7. The van der Waals surface area contributed by atoms with Crippen LogP contribution in [0.15, 0.2) is 91.3 Å². The minimum absolute atomic E-state index is 0.0405. The lowest BCUT2D eigenvalue weighted by Crippen LogP contribution is -2.54. The first-order valence-electron chi connectivity index (χ1n) is 20.9. The summed E-state index contributed by atoms with van der Waals surface area (Å²) >= 11 is 0. The van der Waals surface area contributed by atoms with Gasteiger partial charge in [-0.25, -0.2) is 15.0 Å².